The van der Waals surface area contributed by atoms with Crippen molar-refractivity contribution in [2.24, 2.45) is 0 Å². The van der Waals surface area contributed by atoms with Crippen molar-refractivity contribution in [3.8, 4) is 0 Å². The normalized spacial score (nSPS) is 25.3. The fourth-order valence-corrected chi connectivity index (χ4v) is 3.80. The predicted molar refractivity (Wildman–Crippen MR) is 91.3 cm³/mol. The van der Waals surface area contributed by atoms with E-state index in [0.717, 1.165) is 31.2 Å². The van der Waals surface area contributed by atoms with Gasteiger partial charge in [-0.25, -0.2) is 0 Å². The number of hydrogen-bond acceptors (Lipinski definition) is 3. The number of ether oxygens (including phenoxy) is 1. The van der Waals surface area contributed by atoms with E-state index in [1.165, 1.54) is 0 Å². The van der Waals surface area contributed by atoms with Crippen LogP contribution in [0.2, 0.25) is 0 Å². The predicted octanol–water partition coefficient (Wildman–Crippen LogP) is 2.42. The highest BCUT2D eigenvalue weighted by Crippen LogP contribution is 2.32. The van der Waals surface area contributed by atoms with Gasteiger partial charge in [-0.2, -0.15) is 0 Å². The molecule has 0 aromatic heterocycles. The minimum atomic E-state index is -0.659. The van der Waals surface area contributed by atoms with Crippen molar-refractivity contribution in [1.29, 1.82) is 0 Å². The molecule has 1 saturated heterocycles. The van der Waals surface area contributed by atoms with E-state index in [-0.39, 0.29) is 36.5 Å². The van der Waals surface area contributed by atoms with Crippen molar-refractivity contribution < 1.29 is 14.3 Å². The van der Waals surface area contributed by atoms with Gasteiger partial charge in [0.1, 0.15) is 6.61 Å². The lowest BCUT2D eigenvalue weighted by Gasteiger charge is -2.43. The largest absolute Gasteiger partial charge is 0.356 e. The van der Waals surface area contributed by atoms with Crippen molar-refractivity contribution in [2.75, 3.05) is 6.61 Å². The molecule has 1 saturated carbocycles. The van der Waals surface area contributed by atoms with E-state index < -0.39 is 6.10 Å². The second kappa shape index (κ2) is 7.34. The molecule has 1 aliphatic heterocycles. The average molecular weight is 330 g/mol. The highest BCUT2D eigenvalue weighted by molar-refractivity contribution is 5.86. The number of nitrogens with one attached hydrogen (secondary N) is 1. The first-order valence-corrected chi connectivity index (χ1v) is 8.86. The maximum atomic E-state index is 12.8. The lowest BCUT2D eigenvalue weighted by molar-refractivity contribution is -0.167. The number of hydrogen-bond donors (Lipinski definition) is 1. The van der Waals surface area contributed by atoms with E-state index in [1.54, 1.807) is 4.90 Å². The van der Waals surface area contributed by atoms with Crippen LogP contribution in [-0.4, -0.2) is 41.5 Å². The van der Waals surface area contributed by atoms with Crippen LogP contribution in [0.25, 0.3) is 0 Å². The number of benzene rings is 1. The Hall–Kier alpha value is -1.88. The second-order valence-corrected chi connectivity index (χ2v) is 6.97. The topological polar surface area (TPSA) is 58.6 Å². The molecule has 5 heteroatoms. The first kappa shape index (κ1) is 17.0. The highest BCUT2D eigenvalue weighted by Gasteiger charge is 2.43. The maximum absolute atomic E-state index is 12.8. The molecular weight excluding hydrogens is 304 g/mol. The number of carbonyl (C=O) groups is 2. The van der Waals surface area contributed by atoms with Gasteiger partial charge < -0.3 is 15.0 Å². The number of carbonyl (C=O) groups excluding carboxylic acids is 2. The summed E-state index contributed by atoms with van der Waals surface area (Å²) in [6, 6.07) is 9.57. The molecule has 0 radical (unpaired) electrons. The molecule has 1 aliphatic carbocycles. The third-order valence-electron chi connectivity index (χ3n) is 4.92. The van der Waals surface area contributed by atoms with Crippen LogP contribution in [0.3, 0.4) is 0 Å². The van der Waals surface area contributed by atoms with Gasteiger partial charge in [-0.3, -0.25) is 9.59 Å². The molecule has 2 fully saturated rings. The Morgan fingerprint density at radius 1 is 1.21 bits per heavy atom. The van der Waals surface area contributed by atoms with Gasteiger partial charge in [0.05, 0.1) is 6.04 Å². The second-order valence-electron chi connectivity index (χ2n) is 6.97. The SMILES string of the molecule is CC(C)N1C(=O)COC(C(=O)NC2CCCC2)C1c1ccccc1. The number of amides is 2. The van der Waals surface area contributed by atoms with Gasteiger partial charge in [-0.15, -0.1) is 0 Å². The Morgan fingerprint density at radius 3 is 2.50 bits per heavy atom. The molecule has 24 heavy (non-hydrogen) atoms. The van der Waals surface area contributed by atoms with Crippen molar-refractivity contribution in [2.45, 2.75) is 63.8 Å². The number of rotatable bonds is 4. The molecule has 2 aliphatic rings. The van der Waals surface area contributed by atoms with Crippen LogP contribution in [-0.2, 0) is 14.3 Å². The van der Waals surface area contributed by atoms with E-state index in [2.05, 4.69) is 5.32 Å². The molecule has 2 atom stereocenters. The van der Waals surface area contributed by atoms with E-state index in [0.29, 0.717) is 0 Å². The fraction of sp³-hybridized carbons (Fsp3) is 0.579. The molecule has 0 bridgehead atoms. The van der Waals surface area contributed by atoms with Gasteiger partial charge in [-0.05, 0) is 32.3 Å². The summed E-state index contributed by atoms with van der Waals surface area (Å²) in [5.74, 6) is -0.169. The lowest BCUT2D eigenvalue weighted by Crippen LogP contribution is -2.57. The summed E-state index contributed by atoms with van der Waals surface area (Å²) in [7, 11) is 0. The number of morpholine rings is 1. The van der Waals surface area contributed by atoms with Crippen molar-refractivity contribution in [3.63, 3.8) is 0 Å². The summed E-state index contributed by atoms with van der Waals surface area (Å²) in [6.45, 7) is 3.92. The fourth-order valence-electron chi connectivity index (χ4n) is 3.80. The first-order valence-electron chi connectivity index (χ1n) is 8.86. The van der Waals surface area contributed by atoms with Crippen molar-refractivity contribution in [1.82, 2.24) is 10.2 Å². The van der Waals surface area contributed by atoms with E-state index in [9.17, 15) is 9.59 Å². The maximum Gasteiger partial charge on any atom is 0.251 e. The van der Waals surface area contributed by atoms with E-state index in [1.807, 2.05) is 44.2 Å². The summed E-state index contributed by atoms with van der Waals surface area (Å²) in [5, 5.41) is 3.12. The van der Waals surface area contributed by atoms with Gasteiger partial charge in [0.15, 0.2) is 6.10 Å². The van der Waals surface area contributed by atoms with Crippen molar-refractivity contribution >= 4 is 11.8 Å². The number of nitrogens with zero attached hydrogens (tertiary/aromatic N) is 1. The third kappa shape index (κ3) is 3.46. The zero-order valence-corrected chi connectivity index (χ0v) is 14.4. The smallest absolute Gasteiger partial charge is 0.251 e. The van der Waals surface area contributed by atoms with E-state index in [4.69, 9.17) is 4.74 Å². The average Bonchev–Trinajstić information content (AvgIpc) is 3.07. The molecule has 130 valence electrons. The minimum Gasteiger partial charge on any atom is -0.356 e. The van der Waals surface area contributed by atoms with Gasteiger partial charge >= 0.3 is 0 Å². The van der Waals surface area contributed by atoms with Crippen LogP contribution in [0.4, 0.5) is 0 Å². The molecule has 0 spiro atoms. The molecule has 1 N–H and O–H groups in total. The molecule has 1 aromatic carbocycles. The van der Waals surface area contributed by atoms with Gasteiger partial charge in [0, 0.05) is 12.1 Å². The standard InChI is InChI=1S/C19H26N2O3/c1-13(2)21-16(22)12-24-18(17(21)14-8-4-3-5-9-14)19(23)20-15-10-6-7-11-15/h3-5,8-9,13,15,17-18H,6-7,10-12H2,1-2H3,(H,20,23). The van der Waals surface area contributed by atoms with Crippen LogP contribution in [0.1, 0.15) is 51.1 Å². The minimum absolute atomic E-state index is 0.00777. The molecule has 2 unspecified atom stereocenters. The first-order chi connectivity index (χ1) is 11.6. The summed E-state index contributed by atoms with van der Waals surface area (Å²) in [4.78, 5) is 27.0. The third-order valence-corrected chi connectivity index (χ3v) is 4.92. The zero-order valence-electron chi connectivity index (χ0n) is 14.4. The molecule has 1 heterocycles. The van der Waals surface area contributed by atoms with E-state index >= 15 is 0 Å². The summed E-state index contributed by atoms with van der Waals surface area (Å²) in [6.07, 6.45) is 3.72. The highest BCUT2D eigenvalue weighted by atomic mass is 16.5. The summed E-state index contributed by atoms with van der Waals surface area (Å²) in [5.41, 5.74) is 0.936. The summed E-state index contributed by atoms with van der Waals surface area (Å²) >= 11 is 0. The summed E-state index contributed by atoms with van der Waals surface area (Å²) < 4.78 is 5.71. The van der Waals surface area contributed by atoms with Gasteiger partial charge in [0.25, 0.3) is 5.91 Å². The monoisotopic (exact) mass is 330 g/mol. The Balaban J connectivity index is 1.87. The Kier molecular flexibility index (Phi) is 5.19. The van der Waals surface area contributed by atoms with Crippen LogP contribution in [0.15, 0.2) is 30.3 Å². The van der Waals surface area contributed by atoms with Gasteiger partial charge in [0.2, 0.25) is 5.91 Å². The quantitative estimate of drug-likeness (QED) is 0.922. The van der Waals surface area contributed by atoms with Crippen molar-refractivity contribution in [3.05, 3.63) is 35.9 Å². The van der Waals surface area contributed by atoms with Crippen LogP contribution >= 0.6 is 0 Å². The van der Waals surface area contributed by atoms with Crippen LogP contribution in [0, 0.1) is 0 Å². The molecule has 1 aromatic rings. The Labute approximate surface area is 143 Å². The molecule has 5 nitrogen and oxygen atoms in total. The molecular formula is C19H26N2O3. The van der Waals surface area contributed by atoms with Crippen LogP contribution in [0.5, 0.6) is 0 Å². The molecule has 3 rings (SSSR count). The Bertz CT molecular complexity index is 582. The Morgan fingerprint density at radius 2 is 1.88 bits per heavy atom. The zero-order chi connectivity index (χ0) is 17.1. The van der Waals surface area contributed by atoms with Gasteiger partial charge in [-0.1, -0.05) is 43.2 Å². The van der Waals surface area contributed by atoms with Crippen LogP contribution < -0.4 is 5.32 Å². The lowest BCUT2D eigenvalue weighted by atomic mass is 9.95. The molecule has 2 amide bonds.